The third-order valence-corrected chi connectivity index (χ3v) is 5.35. The molecule has 0 saturated carbocycles. The third kappa shape index (κ3) is 5.98. The molecule has 0 fully saturated rings. The van der Waals surface area contributed by atoms with E-state index in [1.54, 1.807) is 31.9 Å². The summed E-state index contributed by atoms with van der Waals surface area (Å²) in [6.45, 7) is 5.72. The van der Waals surface area contributed by atoms with Crippen LogP contribution in [-0.2, 0) is 0 Å². The maximum Gasteiger partial charge on any atom is 0.231 e. The highest BCUT2D eigenvalue weighted by Gasteiger charge is 2.13. The molecule has 0 saturated heterocycles. The van der Waals surface area contributed by atoms with Crippen LogP contribution in [0.3, 0.4) is 0 Å². The Bertz CT molecular complexity index is 1290. The van der Waals surface area contributed by atoms with Crippen LogP contribution in [0.2, 0.25) is 0 Å². The molecule has 182 valence electrons. The van der Waals surface area contributed by atoms with E-state index in [2.05, 4.69) is 46.3 Å². The van der Waals surface area contributed by atoms with Gasteiger partial charge in [0.05, 0.1) is 24.2 Å². The monoisotopic (exact) mass is 481 g/mol. The molecule has 0 bridgehead atoms. The lowest BCUT2D eigenvalue weighted by atomic mass is 10.2. The lowest BCUT2D eigenvalue weighted by Crippen LogP contribution is -2.09. The van der Waals surface area contributed by atoms with Crippen molar-refractivity contribution in [3.8, 4) is 5.75 Å². The van der Waals surface area contributed by atoms with Crippen LogP contribution >= 0.6 is 0 Å². The van der Waals surface area contributed by atoms with E-state index in [0.29, 0.717) is 23.3 Å². The number of aromatic nitrogens is 4. The second kappa shape index (κ2) is 11.5. The van der Waals surface area contributed by atoms with Gasteiger partial charge in [-0.15, -0.1) is 0 Å². The number of pyridine rings is 2. The van der Waals surface area contributed by atoms with Crippen molar-refractivity contribution in [3.05, 3.63) is 90.0 Å². The van der Waals surface area contributed by atoms with E-state index in [-0.39, 0.29) is 0 Å². The summed E-state index contributed by atoms with van der Waals surface area (Å²) in [5.74, 6) is 2.07. The Morgan fingerprint density at radius 2 is 1.25 bits per heavy atom. The molecule has 0 aliphatic rings. The quantitative estimate of drug-likeness (QED) is 0.226. The highest BCUT2D eigenvalue weighted by atomic mass is 16.5. The highest BCUT2D eigenvalue weighted by molar-refractivity contribution is 5.99. The van der Waals surface area contributed by atoms with Crippen LogP contribution in [0.1, 0.15) is 30.5 Å². The lowest BCUT2D eigenvalue weighted by Gasteiger charge is -2.14. The predicted molar refractivity (Wildman–Crippen MR) is 143 cm³/mol. The molecule has 36 heavy (non-hydrogen) atoms. The molecule has 10 heteroatoms. The maximum absolute atomic E-state index is 5.45. The van der Waals surface area contributed by atoms with Gasteiger partial charge in [-0.2, -0.15) is 20.2 Å². The summed E-state index contributed by atoms with van der Waals surface area (Å²) in [7, 11) is 1.61. The second-order valence-corrected chi connectivity index (χ2v) is 7.78. The fourth-order valence-electron chi connectivity index (χ4n) is 3.25. The highest BCUT2D eigenvalue weighted by Crippen LogP contribution is 2.28. The van der Waals surface area contributed by atoms with Crippen molar-refractivity contribution < 1.29 is 4.74 Å². The minimum absolute atomic E-state index is 0.351. The fraction of sp³-hybridized carbons (Fsp3) is 0.154. The average molecular weight is 482 g/mol. The molecular weight excluding hydrogens is 454 g/mol. The summed E-state index contributed by atoms with van der Waals surface area (Å²) in [4.78, 5) is 17.4. The Kier molecular flexibility index (Phi) is 7.76. The largest absolute Gasteiger partial charge is 0.495 e. The van der Waals surface area contributed by atoms with Gasteiger partial charge in [-0.3, -0.25) is 20.8 Å². The molecule has 0 amide bonds. The number of hydrazone groups is 2. The van der Waals surface area contributed by atoms with Crippen LogP contribution in [0, 0.1) is 6.92 Å². The molecule has 0 spiro atoms. The fourth-order valence-corrected chi connectivity index (χ4v) is 3.25. The van der Waals surface area contributed by atoms with Gasteiger partial charge < -0.3 is 10.1 Å². The lowest BCUT2D eigenvalue weighted by molar-refractivity contribution is 0.417. The SMILES string of the molecule is COc1ccccc1Nc1nc(NN=C(C)c2ccncc2)c(C)c(NN=C(C)c2ccncc2)n1. The third-order valence-electron chi connectivity index (χ3n) is 5.35. The Hall–Kier alpha value is -4.86. The van der Waals surface area contributed by atoms with Gasteiger partial charge in [0, 0.05) is 41.5 Å². The topological polar surface area (TPSA) is 122 Å². The van der Waals surface area contributed by atoms with E-state index in [4.69, 9.17) is 4.74 Å². The Balaban J connectivity index is 1.68. The molecule has 3 aromatic heterocycles. The van der Waals surface area contributed by atoms with Gasteiger partial charge in [0.25, 0.3) is 0 Å². The number of methoxy groups -OCH3 is 1. The molecule has 3 heterocycles. The van der Waals surface area contributed by atoms with Gasteiger partial charge >= 0.3 is 0 Å². The zero-order valence-electron chi connectivity index (χ0n) is 20.5. The molecule has 0 unspecified atom stereocenters. The smallest absolute Gasteiger partial charge is 0.231 e. The predicted octanol–water partition coefficient (Wildman–Crippen LogP) is 5.00. The number of ether oxygens (including phenoxy) is 1. The van der Waals surface area contributed by atoms with Crippen LogP contribution in [-0.4, -0.2) is 38.5 Å². The van der Waals surface area contributed by atoms with E-state index in [1.165, 1.54) is 0 Å². The first-order valence-electron chi connectivity index (χ1n) is 11.2. The number of anilines is 4. The van der Waals surface area contributed by atoms with E-state index in [1.807, 2.05) is 69.3 Å². The Labute approximate surface area is 209 Å². The van der Waals surface area contributed by atoms with E-state index in [0.717, 1.165) is 33.8 Å². The minimum atomic E-state index is 0.351. The number of benzene rings is 1. The normalized spacial score (nSPS) is 11.7. The standard InChI is InChI=1S/C26H27N9O/c1-17-24(34-32-18(2)20-9-13-27-14-10-20)30-26(29-22-7-5-6-8-23(22)36-4)31-25(17)35-33-19(3)21-11-15-28-16-12-21/h5-16H,1-4H3,(H3,29,30,31,34,35). The number of hydrogen-bond donors (Lipinski definition) is 3. The van der Waals surface area contributed by atoms with Crippen molar-refractivity contribution >= 4 is 34.7 Å². The number of para-hydroxylation sites is 2. The van der Waals surface area contributed by atoms with Gasteiger partial charge in [-0.1, -0.05) is 12.1 Å². The molecule has 0 aliphatic carbocycles. The molecule has 0 radical (unpaired) electrons. The summed E-state index contributed by atoms with van der Waals surface area (Å²) >= 11 is 0. The maximum atomic E-state index is 5.45. The molecule has 1 aromatic carbocycles. The summed E-state index contributed by atoms with van der Waals surface area (Å²) in [5.41, 5.74) is 11.1. The number of nitrogens with one attached hydrogen (secondary N) is 3. The molecule has 4 aromatic rings. The van der Waals surface area contributed by atoms with Crippen LogP contribution in [0.5, 0.6) is 5.75 Å². The van der Waals surface area contributed by atoms with Gasteiger partial charge in [-0.05, 0) is 57.2 Å². The number of nitrogens with zero attached hydrogens (tertiary/aromatic N) is 6. The molecule has 0 aliphatic heterocycles. The molecule has 3 N–H and O–H groups in total. The summed E-state index contributed by atoms with van der Waals surface area (Å²) in [6.07, 6.45) is 6.91. The number of hydrogen-bond acceptors (Lipinski definition) is 10. The molecule has 10 nitrogen and oxygen atoms in total. The summed E-state index contributed by atoms with van der Waals surface area (Å²) in [6, 6.07) is 15.1. The van der Waals surface area contributed by atoms with Crippen LogP contribution in [0.25, 0.3) is 0 Å². The van der Waals surface area contributed by atoms with E-state index in [9.17, 15) is 0 Å². The first kappa shape index (κ1) is 24.3. The van der Waals surface area contributed by atoms with Crippen molar-refractivity contribution in [2.75, 3.05) is 23.3 Å². The minimum Gasteiger partial charge on any atom is -0.495 e. The van der Waals surface area contributed by atoms with Crippen molar-refractivity contribution in [1.82, 2.24) is 19.9 Å². The average Bonchev–Trinajstić information content (AvgIpc) is 2.93. The Morgan fingerprint density at radius 3 is 1.75 bits per heavy atom. The Morgan fingerprint density at radius 1 is 0.750 bits per heavy atom. The van der Waals surface area contributed by atoms with Crippen LogP contribution < -0.4 is 20.9 Å². The number of rotatable bonds is 9. The van der Waals surface area contributed by atoms with Gasteiger partial charge in [0.2, 0.25) is 5.95 Å². The summed E-state index contributed by atoms with van der Waals surface area (Å²) < 4.78 is 5.45. The van der Waals surface area contributed by atoms with Crippen molar-refractivity contribution in [2.45, 2.75) is 20.8 Å². The van der Waals surface area contributed by atoms with Crippen LogP contribution in [0.4, 0.5) is 23.3 Å². The van der Waals surface area contributed by atoms with Gasteiger partial charge in [0.1, 0.15) is 5.75 Å². The van der Waals surface area contributed by atoms with Crippen LogP contribution in [0.15, 0.2) is 83.5 Å². The van der Waals surface area contributed by atoms with Crippen molar-refractivity contribution in [2.24, 2.45) is 10.2 Å². The molecule has 4 rings (SSSR count). The van der Waals surface area contributed by atoms with Gasteiger partial charge in [-0.25, -0.2) is 0 Å². The summed E-state index contributed by atoms with van der Waals surface area (Å²) in [5, 5.41) is 12.3. The van der Waals surface area contributed by atoms with Crippen molar-refractivity contribution in [1.29, 1.82) is 0 Å². The first-order chi connectivity index (χ1) is 17.5. The van der Waals surface area contributed by atoms with Gasteiger partial charge in [0.15, 0.2) is 11.6 Å². The van der Waals surface area contributed by atoms with Crippen molar-refractivity contribution in [3.63, 3.8) is 0 Å². The van der Waals surface area contributed by atoms with E-state index < -0.39 is 0 Å². The molecular formula is C26H27N9O. The molecule has 0 atom stereocenters. The first-order valence-corrected chi connectivity index (χ1v) is 11.2. The second-order valence-electron chi connectivity index (χ2n) is 7.78. The van der Waals surface area contributed by atoms with E-state index >= 15 is 0 Å². The zero-order valence-corrected chi connectivity index (χ0v) is 20.5. The zero-order chi connectivity index (χ0) is 25.3.